The van der Waals surface area contributed by atoms with Gasteiger partial charge in [0.1, 0.15) is 11.2 Å². The van der Waals surface area contributed by atoms with Crippen LogP contribution in [0.5, 0.6) is 0 Å². The SMILES string of the molecule is CNC(=O)CCCCOCc1cccc(-c2nc(N3CCOCC3)nc3c2ncn3C(C)C)c1. The Labute approximate surface area is 200 Å². The highest BCUT2D eigenvalue weighted by Crippen LogP contribution is 2.29. The van der Waals surface area contributed by atoms with Gasteiger partial charge < -0.3 is 24.3 Å². The molecule has 9 heteroatoms. The standard InChI is InChI=1S/C25H34N6O3/c1-18(2)31-17-27-23-22(28-25(29-24(23)31)30-10-13-33-14-11-30)20-8-6-7-19(15-20)16-34-12-5-4-9-21(32)26-3/h6-8,15,17-18H,4-5,9-14,16H2,1-3H3,(H,26,32). The van der Waals surface area contributed by atoms with Gasteiger partial charge in [-0.15, -0.1) is 0 Å². The first kappa shape index (κ1) is 24.1. The Hall–Kier alpha value is -3.04. The molecular weight excluding hydrogens is 432 g/mol. The molecule has 2 aromatic heterocycles. The summed E-state index contributed by atoms with van der Waals surface area (Å²) in [5.74, 6) is 0.784. The molecule has 1 aromatic carbocycles. The lowest BCUT2D eigenvalue weighted by molar-refractivity contribution is -0.120. The van der Waals surface area contributed by atoms with Crippen LogP contribution < -0.4 is 10.2 Å². The van der Waals surface area contributed by atoms with Gasteiger partial charge in [-0.3, -0.25) is 4.79 Å². The number of aromatic nitrogens is 4. The second-order valence-electron chi connectivity index (χ2n) is 8.77. The van der Waals surface area contributed by atoms with Crippen LogP contribution in [0.4, 0.5) is 5.95 Å². The van der Waals surface area contributed by atoms with E-state index in [1.165, 1.54) is 0 Å². The van der Waals surface area contributed by atoms with E-state index in [9.17, 15) is 4.79 Å². The predicted octanol–water partition coefficient (Wildman–Crippen LogP) is 3.34. The van der Waals surface area contributed by atoms with Crippen LogP contribution in [0.25, 0.3) is 22.4 Å². The van der Waals surface area contributed by atoms with Crippen molar-refractivity contribution in [1.82, 2.24) is 24.8 Å². The summed E-state index contributed by atoms with van der Waals surface area (Å²) < 4.78 is 13.5. The van der Waals surface area contributed by atoms with E-state index in [0.717, 1.165) is 53.9 Å². The van der Waals surface area contributed by atoms with Crippen molar-refractivity contribution in [3.05, 3.63) is 36.2 Å². The quantitative estimate of drug-likeness (QED) is 0.458. The molecule has 0 bridgehead atoms. The lowest BCUT2D eigenvalue weighted by Gasteiger charge is -2.27. The molecule has 0 atom stereocenters. The molecule has 3 aromatic rings. The number of carbonyl (C=O) groups is 1. The highest BCUT2D eigenvalue weighted by molar-refractivity contribution is 5.88. The topological polar surface area (TPSA) is 94.4 Å². The normalized spacial score (nSPS) is 14.2. The number of hydrogen-bond acceptors (Lipinski definition) is 7. The molecule has 3 heterocycles. The molecule has 0 saturated carbocycles. The van der Waals surface area contributed by atoms with Crippen LogP contribution in [0.3, 0.4) is 0 Å². The van der Waals surface area contributed by atoms with Crippen molar-refractivity contribution in [3.8, 4) is 11.3 Å². The highest BCUT2D eigenvalue weighted by atomic mass is 16.5. The number of nitrogens with one attached hydrogen (secondary N) is 1. The Morgan fingerprint density at radius 1 is 1.21 bits per heavy atom. The van der Waals surface area contributed by atoms with Gasteiger partial charge in [0.2, 0.25) is 11.9 Å². The van der Waals surface area contributed by atoms with Gasteiger partial charge in [-0.25, -0.2) is 9.97 Å². The number of anilines is 1. The van der Waals surface area contributed by atoms with Gasteiger partial charge in [0.05, 0.1) is 26.1 Å². The molecular formula is C25H34N6O3. The van der Waals surface area contributed by atoms with Crippen LogP contribution in [0.15, 0.2) is 30.6 Å². The largest absolute Gasteiger partial charge is 0.378 e. The van der Waals surface area contributed by atoms with Crippen molar-refractivity contribution in [2.45, 2.75) is 45.8 Å². The Balaban J connectivity index is 1.54. The minimum atomic E-state index is 0.0697. The maximum Gasteiger partial charge on any atom is 0.228 e. The third-order valence-corrected chi connectivity index (χ3v) is 5.95. The molecule has 1 amide bonds. The average molecular weight is 467 g/mol. The molecule has 34 heavy (non-hydrogen) atoms. The minimum Gasteiger partial charge on any atom is -0.378 e. The van der Waals surface area contributed by atoms with Crippen molar-refractivity contribution in [1.29, 1.82) is 0 Å². The van der Waals surface area contributed by atoms with Gasteiger partial charge in [-0.05, 0) is 38.3 Å². The Kier molecular flexibility index (Phi) is 8.08. The van der Waals surface area contributed by atoms with Crippen LogP contribution in [-0.4, -0.2) is 65.4 Å². The van der Waals surface area contributed by atoms with Crippen molar-refractivity contribution in [3.63, 3.8) is 0 Å². The third kappa shape index (κ3) is 5.71. The molecule has 0 spiro atoms. The van der Waals surface area contributed by atoms with E-state index in [2.05, 4.69) is 51.8 Å². The first-order valence-electron chi connectivity index (χ1n) is 12.0. The van der Waals surface area contributed by atoms with E-state index < -0.39 is 0 Å². The lowest BCUT2D eigenvalue weighted by Crippen LogP contribution is -2.37. The van der Waals surface area contributed by atoms with Crippen molar-refractivity contribution < 1.29 is 14.3 Å². The van der Waals surface area contributed by atoms with Gasteiger partial charge in [0, 0.05) is 44.8 Å². The third-order valence-electron chi connectivity index (χ3n) is 5.95. The second-order valence-corrected chi connectivity index (χ2v) is 8.77. The summed E-state index contributed by atoms with van der Waals surface area (Å²) >= 11 is 0. The van der Waals surface area contributed by atoms with E-state index in [1.54, 1.807) is 7.05 Å². The van der Waals surface area contributed by atoms with Gasteiger partial charge in [-0.2, -0.15) is 4.98 Å². The number of hydrogen-bond donors (Lipinski definition) is 1. The zero-order valence-electron chi connectivity index (χ0n) is 20.3. The van der Waals surface area contributed by atoms with Gasteiger partial charge >= 0.3 is 0 Å². The summed E-state index contributed by atoms with van der Waals surface area (Å²) in [6.45, 7) is 8.29. The zero-order chi connectivity index (χ0) is 23.9. The fraction of sp³-hybridized carbons (Fsp3) is 0.520. The molecule has 1 fully saturated rings. The van der Waals surface area contributed by atoms with Crippen LogP contribution >= 0.6 is 0 Å². The first-order chi connectivity index (χ1) is 16.6. The molecule has 1 saturated heterocycles. The van der Waals surface area contributed by atoms with Gasteiger partial charge in [0.25, 0.3) is 0 Å². The number of unbranched alkanes of at least 4 members (excludes halogenated alkanes) is 1. The molecule has 182 valence electrons. The van der Waals surface area contributed by atoms with E-state index in [4.69, 9.17) is 19.4 Å². The summed E-state index contributed by atoms with van der Waals surface area (Å²) in [6, 6.07) is 8.51. The summed E-state index contributed by atoms with van der Waals surface area (Å²) in [6.07, 6.45) is 4.06. The maximum atomic E-state index is 11.3. The fourth-order valence-electron chi connectivity index (χ4n) is 4.00. The molecule has 1 N–H and O–H groups in total. The molecule has 4 rings (SSSR count). The number of benzene rings is 1. The molecule has 1 aliphatic heterocycles. The van der Waals surface area contributed by atoms with E-state index in [1.807, 2.05) is 12.4 Å². The summed E-state index contributed by atoms with van der Waals surface area (Å²) in [5, 5.41) is 2.64. The first-order valence-corrected chi connectivity index (χ1v) is 12.0. The molecule has 1 aliphatic rings. The number of carbonyl (C=O) groups excluding carboxylic acids is 1. The van der Waals surface area contributed by atoms with E-state index in [-0.39, 0.29) is 11.9 Å². The Morgan fingerprint density at radius 2 is 2.03 bits per heavy atom. The average Bonchev–Trinajstić information content (AvgIpc) is 3.30. The summed E-state index contributed by atoms with van der Waals surface area (Å²) in [5.41, 5.74) is 4.55. The number of fused-ring (bicyclic) bond motifs is 1. The van der Waals surface area contributed by atoms with Crippen LogP contribution in [-0.2, 0) is 20.9 Å². The number of rotatable bonds is 10. The van der Waals surface area contributed by atoms with Gasteiger partial charge in [-0.1, -0.05) is 18.2 Å². The highest BCUT2D eigenvalue weighted by Gasteiger charge is 2.21. The summed E-state index contributed by atoms with van der Waals surface area (Å²) in [4.78, 5) is 28.0. The molecule has 0 aliphatic carbocycles. The predicted molar refractivity (Wildman–Crippen MR) is 132 cm³/mol. The zero-order valence-corrected chi connectivity index (χ0v) is 20.3. The minimum absolute atomic E-state index is 0.0697. The molecule has 9 nitrogen and oxygen atoms in total. The van der Waals surface area contributed by atoms with Crippen LogP contribution in [0.2, 0.25) is 0 Å². The van der Waals surface area contributed by atoms with Gasteiger partial charge in [0.15, 0.2) is 5.65 Å². The fourth-order valence-corrected chi connectivity index (χ4v) is 4.00. The number of morpholine rings is 1. The number of ether oxygens (including phenoxy) is 2. The van der Waals surface area contributed by atoms with Crippen LogP contribution in [0, 0.1) is 0 Å². The van der Waals surface area contributed by atoms with E-state index in [0.29, 0.717) is 38.8 Å². The lowest BCUT2D eigenvalue weighted by atomic mass is 10.1. The smallest absolute Gasteiger partial charge is 0.228 e. The van der Waals surface area contributed by atoms with Crippen molar-refractivity contribution >= 4 is 23.0 Å². The second kappa shape index (κ2) is 11.4. The summed E-state index contributed by atoms with van der Waals surface area (Å²) in [7, 11) is 1.66. The monoisotopic (exact) mass is 466 g/mol. The Morgan fingerprint density at radius 3 is 2.79 bits per heavy atom. The maximum absolute atomic E-state index is 11.3. The molecule has 0 unspecified atom stereocenters. The number of nitrogens with zero attached hydrogens (tertiary/aromatic N) is 5. The Bertz CT molecular complexity index is 1110. The molecule has 0 radical (unpaired) electrons. The number of imidazole rings is 1. The van der Waals surface area contributed by atoms with E-state index >= 15 is 0 Å². The number of amides is 1. The van der Waals surface area contributed by atoms with Crippen molar-refractivity contribution in [2.75, 3.05) is 44.9 Å². The van der Waals surface area contributed by atoms with Crippen molar-refractivity contribution in [2.24, 2.45) is 0 Å². The van der Waals surface area contributed by atoms with Crippen LogP contribution in [0.1, 0.15) is 44.7 Å².